The minimum absolute atomic E-state index is 0.725. The number of likely N-dealkylation sites (N-methyl/N-ethyl adjacent to an activating group) is 1. The third-order valence-electron chi connectivity index (χ3n) is 5.48. The second kappa shape index (κ2) is 7.60. The number of piperazine rings is 1. The molecule has 1 saturated heterocycles. The van der Waals surface area contributed by atoms with Crippen molar-refractivity contribution < 1.29 is 0 Å². The summed E-state index contributed by atoms with van der Waals surface area (Å²) < 4.78 is 2.27. The van der Waals surface area contributed by atoms with Gasteiger partial charge in [-0.25, -0.2) is 9.97 Å². The summed E-state index contributed by atoms with van der Waals surface area (Å²) in [5.41, 5.74) is 4.29. The molecule has 7 heteroatoms. The van der Waals surface area contributed by atoms with Gasteiger partial charge in [0.25, 0.3) is 0 Å². The van der Waals surface area contributed by atoms with Crippen LogP contribution in [0.1, 0.15) is 5.56 Å². The number of rotatable bonds is 4. The highest BCUT2D eigenvalue weighted by Gasteiger charge is 2.22. The zero-order valence-corrected chi connectivity index (χ0v) is 16.4. The Morgan fingerprint density at radius 3 is 2.24 bits per heavy atom. The molecule has 0 radical (unpaired) electrons. The van der Waals surface area contributed by atoms with Crippen molar-refractivity contribution in [2.75, 3.05) is 38.1 Å². The normalized spacial score (nSPS) is 15.1. The van der Waals surface area contributed by atoms with E-state index in [2.05, 4.69) is 37.4 Å². The molecule has 0 atom stereocenters. The van der Waals surface area contributed by atoms with Gasteiger partial charge >= 0.3 is 0 Å². The molecule has 4 aromatic heterocycles. The highest BCUT2D eigenvalue weighted by Crippen LogP contribution is 2.30. The lowest BCUT2D eigenvalue weighted by molar-refractivity contribution is 0.312. The van der Waals surface area contributed by atoms with Crippen molar-refractivity contribution in [3.05, 3.63) is 66.9 Å². The summed E-state index contributed by atoms with van der Waals surface area (Å²) >= 11 is 0. The number of aromatic nitrogens is 5. The van der Waals surface area contributed by atoms with Gasteiger partial charge in [0.15, 0.2) is 5.82 Å². The summed E-state index contributed by atoms with van der Waals surface area (Å²) in [6.45, 7) is 4.72. The molecule has 4 aromatic rings. The average molecular weight is 385 g/mol. The lowest BCUT2D eigenvalue weighted by Gasteiger charge is -2.33. The quantitative estimate of drug-likeness (QED) is 0.538. The van der Waals surface area contributed by atoms with E-state index in [-0.39, 0.29) is 0 Å². The van der Waals surface area contributed by atoms with Gasteiger partial charge in [0.05, 0.1) is 5.52 Å². The van der Waals surface area contributed by atoms with Crippen LogP contribution in [0.3, 0.4) is 0 Å². The molecular weight excluding hydrogens is 362 g/mol. The molecule has 1 aliphatic heterocycles. The number of imidazole rings is 1. The van der Waals surface area contributed by atoms with E-state index in [1.807, 2.05) is 55.2 Å². The van der Waals surface area contributed by atoms with Gasteiger partial charge in [0, 0.05) is 69.3 Å². The number of nitrogens with zero attached hydrogens (tertiary/aromatic N) is 7. The summed E-state index contributed by atoms with van der Waals surface area (Å²) in [7, 11) is 2.16. The summed E-state index contributed by atoms with van der Waals surface area (Å²) in [4.78, 5) is 22.8. The number of hydrogen-bond acceptors (Lipinski definition) is 6. The zero-order chi connectivity index (χ0) is 19.6. The first-order valence-corrected chi connectivity index (χ1v) is 9.87. The molecule has 0 amide bonds. The first-order valence-electron chi connectivity index (χ1n) is 9.87. The van der Waals surface area contributed by atoms with E-state index >= 15 is 0 Å². The molecule has 0 saturated carbocycles. The van der Waals surface area contributed by atoms with Gasteiger partial charge in [-0.15, -0.1) is 0 Å². The Balaban J connectivity index is 1.65. The Hall–Kier alpha value is -3.32. The smallest absolute Gasteiger partial charge is 0.156 e. The van der Waals surface area contributed by atoms with E-state index in [4.69, 9.17) is 9.97 Å². The summed E-state index contributed by atoms with van der Waals surface area (Å²) in [5, 5.41) is 0. The van der Waals surface area contributed by atoms with Crippen LogP contribution in [0.15, 0.2) is 61.3 Å². The highest BCUT2D eigenvalue weighted by atomic mass is 15.3. The average Bonchev–Trinajstić information content (AvgIpc) is 3.14. The van der Waals surface area contributed by atoms with Crippen molar-refractivity contribution in [2.45, 2.75) is 6.54 Å². The molecule has 0 spiro atoms. The van der Waals surface area contributed by atoms with Crippen LogP contribution in [0.4, 0.5) is 5.82 Å². The second-order valence-corrected chi connectivity index (χ2v) is 7.41. The predicted molar refractivity (Wildman–Crippen MR) is 114 cm³/mol. The molecule has 0 aliphatic carbocycles. The van der Waals surface area contributed by atoms with Crippen molar-refractivity contribution in [2.24, 2.45) is 0 Å². The van der Waals surface area contributed by atoms with E-state index in [1.54, 1.807) is 0 Å². The molecule has 1 aliphatic rings. The van der Waals surface area contributed by atoms with Crippen LogP contribution in [-0.2, 0) is 6.54 Å². The van der Waals surface area contributed by atoms with Gasteiger partial charge in [0.1, 0.15) is 11.3 Å². The standard InChI is InChI=1S/C22H23N7/c1-27-12-14-28(15-13-27)22-20-19(6-11-25-22)29(16-17-2-7-23-8-3-17)21(26-20)18-4-9-24-10-5-18/h2-11H,12-16H2,1H3. The Morgan fingerprint density at radius 1 is 0.828 bits per heavy atom. The lowest BCUT2D eigenvalue weighted by Crippen LogP contribution is -2.44. The van der Waals surface area contributed by atoms with Crippen molar-refractivity contribution in [1.82, 2.24) is 29.4 Å². The molecule has 146 valence electrons. The monoisotopic (exact) mass is 385 g/mol. The van der Waals surface area contributed by atoms with Crippen LogP contribution in [0, 0.1) is 0 Å². The van der Waals surface area contributed by atoms with Gasteiger partial charge in [0.2, 0.25) is 0 Å². The van der Waals surface area contributed by atoms with Gasteiger partial charge in [-0.2, -0.15) is 0 Å². The van der Waals surface area contributed by atoms with E-state index in [0.29, 0.717) is 0 Å². The maximum absolute atomic E-state index is 5.08. The fourth-order valence-corrected chi connectivity index (χ4v) is 3.84. The van der Waals surface area contributed by atoms with Crippen LogP contribution in [0.25, 0.3) is 22.4 Å². The molecule has 0 unspecified atom stereocenters. The van der Waals surface area contributed by atoms with Crippen LogP contribution in [0.2, 0.25) is 0 Å². The maximum Gasteiger partial charge on any atom is 0.156 e. The van der Waals surface area contributed by atoms with Crippen LogP contribution >= 0.6 is 0 Å². The van der Waals surface area contributed by atoms with Crippen LogP contribution < -0.4 is 4.90 Å². The fourth-order valence-electron chi connectivity index (χ4n) is 3.84. The molecule has 1 fully saturated rings. The summed E-state index contributed by atoms with van der Waals surface area (Å²) in [6.07, 6.45) is 9.18. The Labute approximate surface area is 169 Å². The number of fused-ring (bicyclic) bond motifs is 1. The first-order chi connectivity index (χ1) is 14.3. The fraction of sp³-hybridized carbons (Fsp3) is 0.273. The Kier molecular flexibility index (Phi) is 4.65. The topological polar surface area (TPSA) is 63.0 Å². The van der Waals surface area contributed by atoms with Gasteiger partial charge in [-0.1, -0.05) is 0 Å². The highest BCUT2D eigenvalue weighted by molar-refractivity contribution is 5.89. The Morgan fingerprint density at radius 2 is 1.52 bits per heavy atom. The third-order valence-corrected chi connectivity index (χ3v) is 5.48. The van der Waals surface area contributed by atoms with Crippen LogP contribution in [-0.4, -0.2) is 62.6 Å². The largest absolute Gasteiger partial charge is 0.352 e. The first kappa shape index (κ1) is 17.8. The molecular formula is C22H23N7. The lowest BCUT2D eigenvalue weighted by atomic mass is 10.2. The van der Waals surface area contributed by atoms with Crippen LogP contribution in [0.5, 0.6) is 0 Å². The SMILES string of the molecule is CN1CCN(c2nccc3c2nc(-c2ccncc2)n3Cc2ccncc2)CC1. The van der Waals surface area contributed by atoms with Crippen molar-refractivity contribution in [3.63, 3.8) is 0 Å². The van der Waals surface area contributed by atoms with Crippen molar-refractivity contribution in [1.29, 1.82) is 0 Å². The van der Waals surface area contributed by atoms with E-state index in [9.17, 15) is 0 Å². The van der Waals surface area contributed by atoms with Crippen molar-refractivity contribution in [3.8, 4) is 11.4 Å². The van der Waals surface area contributed by atoms with Crippen molar-refractivity contribution >= 4 is 16.9 Å². The second-order valence-electron chi connectivity index (χ2n) is 7.41. The molecule has 0 aromatic carbocycles. The van der Waals surface area contributed by atoms with E-state index in [1.165, 1.54) is 5.56 Å². The third kappa shape index (κ3) is 3.45. The molecule has 29 heavy (non-hydrogen) atoms. The van der Waals surface area contributed by atoms with E-state index in [0.717, 1.165) is 61.0 Å². The molecule has 5 rings (SSSR count). The summed E-state index contributed by atoms with van der Waals surface area (Å²) in [6, 6.07) is 10.2. The number of hydrogen-bond donors (Lipinski definition) is 0. The van der Waals surface area contributed by atoms with E-state index < -0.39 is 0 Å². The molecule has 7 nitrogen and oxygen atoms in total. The minimum atomic E-state index is 0.725. The number of pyridine rings is 3. The molecule has 5 heterocycles. The predicted octanol–water partition coefficient (Wildman–Crippen LogP) is 2.69. The Bertz CT molecular complexity index is 1100. The minimum Gasteiger partial charge on any atom is -0.352 e. The zero-order valence-electron chi connectivity index (χ0n) is 16.4. The maximum atomic E-state index is 5.08. The summed E-state index contributed by atoms with van der Waals surface area (Å²) in [5.74, 6) is 1.90. The van der Waals surface area contributed by atoms with Gasteiger partial charge in [-0.05, 0) is 42.9 Å². The van der Waals surface area contributed by atoms with Gasteiger partial charge in [-0.3, -0.25) is 9.97 Å². The molecule has 0 N–H and O–H groups in total. The number of anilines is 1. The van der Waals surface area contributed by atoms with Gasteiger partial charge < -0.3 is 14.4 Å². The molecule has 0 bridgehead atoms.